The monoisotopic (exact) mass is 502 g/mol. The van der Waals surface area contributed by atoms with Crippen LogP contribution in [-0.4, -0.2) is 50.5 Å². The number of rotatable bonds is 6. The number of anilines is 1. The van der Waals surface area contributed by atoms with Crippen molar-refractivity contribution in [2.75, 3.05) is 25.4 Å². The molecule has 0 unspecified atom stereocenters. The highest BCUT2D eigenvalue weighted by atomic mass is 79.9. The van der Waals surface area contributed by atoms with Crippen molar-refractivity contribution in [3.63, 3.8) is 0 Å². The van der Waals surface area contributed by atoms with Crippen molar-refractivity contribution in [2.45, 2.75) is 42.3 Å². The van der Waals surface area contributed by atoms with E-state index in [9.17, 15) is 4.79 Å². The molecule has 10 heteroatoms. The molecule has 2 aliphatic rings. The van der Waals surface area contributed by atoms with Gasteiger partial charge in [-0.2, -0.15) is 0 Å². The number of imidazole rings is 1. The lowest BCUT2D eigenvalue weighted by Crippen LogP contribution is -2.32. The maximum Gasteiger partial charge on any atom is 0.209 e. The van der Waals surface area contributed by atoms with Crippen LogP contribution in [-0.2, 0) is 17.8 Å². The molecule has 162 valence electrons. The van der Waals surface area contributed by atoms with Crippen molar-refractivity contribution in [3.05, 3.63) is 28.5 Å². The minimum absolute atomic E-state index is 0.397. The van der Waals surface area contributed by atoms with Gasteiger partial charge in [-0.25, -0.2) is 15.0 Å². The molecule has 8 nitrogen and oxygen atoms in total. The van der Waals surface area contributed by atoms with Crippen LogP contribution in [0.3, 0.4) is 0 Å². The highest BCUT2D eigenvalue weighted by Crippen LogP contribution is 2.40. The molecule has 0 spiro atoms. The molecule has 0 atom stereocenters. The first-order valence-corrected chi connectivity index (χ1v) is 12.0. The van der Waals surface area contributed by atoms with E-state index in [1.165, 1.54) is 11.9 Å². The number of aryl methyl sites for hydroxylation is 1. The highest BCUT2D eigenvalue weighted by molar-refractivity contribution is 9.10. The maximum atomic E-state index is 11.0. The van der Waals surface area contributed by atoms with Crippen molar-refractivity contribution >= 4 is 51.1 Å². The summed E-state index contributed by atoms with van der Waals surface area (Å²) in [6, 6.07) is 4.24. The fourth-order valence-electron chi connectivity index (χ4n) is 4.27. The van der Waals surface area contributed by atoms with Gasteiger partial charge in [0.05, 0.1) is 11.1 Å². The summed E-state index contributed by atoms with van der Waals surface area (Å²) in [5.41, 5.74) is 8.72. The number of nitrogens with zero attached hydrogens (tertiary/aromatic N) is 5. The summed E-state index contributed by atoms with van der Waals surface area (Å²) in [5, 5.41) is 0.860. The number of benzene rings is 1. The average Bonchev–Trinajstić information content (AvgIpc) is 3.38. The molecular weight excluding hydrogens is 480 g/mol. The van der Waals surface area contributed by atoms with E-state index in [4.69, 9.17) is 15.5 Å². The number of hydrogen-bond acceptors (Lipinski definition) is 7. The van der Waals surface area contributed by atoms with Gasteiger partial charge in [-0.1, -0.05) is 11.8 Å². The highest BCUT2D eigenvalue weighted by Gasteiger charge is 2.22. The van der Waals surface area contributed by atoms with Crippen LogP contribution in [0.5, 0.6) is 5.75 Å². The van der Waals surface area contributed by atoms with Gasteiger partial charge in [0, 0.05) is 31.0 Å². The summed E-state index contributed by atoms with van der Waals surface area (Å²) in [6.45, 7) is 3.19. The predicted molar refractivity (Wildman–Crippen MR) is 122 cm³/mol. The summed E-state index contributed by atoms with van der Waals surface area (Å²) >= 11 is 5.24. The van der Waals surface area contributed by atoms with Crippen LogP contribution in [0.1, 0.15) is 24.8 Å². The van der Waals surface area contributed by atoms with Gasteiger partial charge in [0.2, 0.25) is 6.41 Å². The number of aromatic nitrogens is 4. The zero-order valence-corrected chi connectivity index (χ0v) is 19.4. The lowest BCUT2D eigenvalue weighted by atomic mass is 9.94. The Bertz CT molecular complexity index is 1130. The van der Waals surface area contributed by atoms with Gasteiger partial charge >= 0.3 is 0 Å². The molecule has 3 aromatic rings. The molecule has 1 aromatic carbocycles. The Morgan fingerprint density at radius 2 is 2.13 bits per heavy atom. The first-order chi connectivity index (χ1) is 15.1. The molecule has 1 fully saturated rings. The molecule has 0 saturated carbocycles. The van der Waals surface area contributed by atoms with Crippen molar-refractivity contribution < 1.29 is 9.53 Å². The van der Waals surface area contributed by atoms with Gasteiger partial charge in [0.25, 0.3) is 0 Å². The Hall–Kier alpha value is -2.33. The molecule has 5 rings (SSSR count). The fourth-order valence-corrected chi connectivity index (χ4v) is 6.05. The summed E-state index contributed by atoms with van der Waals surface area (Å²) < 4.78 is 8.83. The Balaban J connectivity index is 1.42. The number of amides is 1. The number of carbonyl (C=O) groups excluding carboxylic acids is 1. The van der Waals surface area contributed by atoms with Gasteiger partial charge in [-0.15, -0.1) is 0 Å². The van der Waals surface area contributed by atoms with E-state index in [0.29, 0.717) is 17.3 Å². The first kappa shape index (κ1) is 20.6. The number of ether oxygens (including phenoxy) is 1. The number of carbonyl (C=O) groups is 1. The summed E-state index contributed by atoms with van der Waals surface area (Å²) in [6.07, 6.45) is 6.43. The van der Waals surface area contributed by atoms with Crippen molar-refractivity contribution in [1.29, 1.82) is 0 Å². The molecule has 0 radical (unpaired) electrons. The lowest BCUT2D eigenvalue weighted by Gasteiger charge is -2.29. The van der Waals surface area contributed by atoms with Crippen molar-refractivity contribution in [1.82, 2.24) is 24.4 Å². The first-order valence-electron chi connectivity index (χ1n) is 10.4. The van der Waals surface area contributed by atoms with Crippen LogP contribution < -0.4 is 10.5 Å². The summed E-state index contributed by atoms with van der Waals surface area (Å²) in [7, 11) is 0. The largest absolute Gasteiger partial charge is 0.492 e. The third-order valence-electron chi connectivity index (χ3n) is 6.01. The molecule has 4 heterocycles. The maximum absolute atomic E-state index is 11.0. The molecule has 0 bridgehead atoms. The minimum atomic E-state index is 0.397. The number of nitrogen functional groups attached to an aromatic ring is 1. The van der Waals surface area contributed by atoms with Crippen molar-refractivity contribution in [3.8, 4) is 5.75 Å². The molecule has 0 aliphatic carbocycles. The quantitative estimate of drug-likeness (QED) is 0.514. The van der Waals surface area contributed by atoms with E-state index in [1.54, 1.807) is 11.8 Å². The van der Waals surface area contributed by atoms with Crippen LogP contribution in [0.4, 0.5) is 5.82 Å². The second kappa shape index (κ2) is 8.66. The molecule has 31 heavy (non-hydrogen) atoms. The Morgan fingerprint density at radius 1 is 1.29 bits per heavy atom. The molecule has 2 N–H and O–H groups in total. The molecule has 1 saturated heterocycles. The Morgan fingerprint density at radius 3 is 2.94 bits per heavy atom. The molecule has 2 aromatic heterocycles. The molecule has 2 aliphatic heterocycles. The summed E-state index contributed by atoms with van der Waals surface area (Å²) in [5.74, 6) is 1.92. The minimum Gasteiger partial charge on any atom is -0.492 e. The van der Waals surface area contributed by atoms with E-state index in [-0.39, 0.29) is 0 Å². The van der Waals surface area contributed by atoms with Gasteiger partial charge in [0.15, 0.2) is 22.1 Å². The van der Waals surface area contributed by atoms with Crippen LogP contribution >= 0.6 is 27.7 Å². The number of fused-ring (bicyclic) bond motifs is 2. The van der Waals surface area contributed by atoms with E-state index in [2.05, 4.69) is 42.6 Å². The average molecular weight is 503 g/mol. The van der Waals surface area contributed by atoms with Gasteiger partial charge in [-0.05, 0) is 58.8 Å². The number of likely N-dealkylation sites (tertiary alicyclic amines) is 1. The third-order valence-corrected chi connectivity index (χ3v) is 7.56. The number of nitrogens with two attached hydrogens (primary N) is 1. The van der Waals surface area contributed by atoms with Crippen molar-refractivity contribution in [2.24, 2.45) is 5.92 Å². The zero-order valence-electron chi connectivity index (χ0n) is 17.0. The van der Waals surface area contributed by atoms with Crippen LogP contribution in [0.25, 0.3) is 11.2 Å². The zero-order chi connectivity index (χ0) is 21.4. The number of hydrogen-bond donors (Lipinski definition) is 1. The van der Waals surface area contributed by atoms with Gasteiger partial charge < -0.3 is 19.9 Å². The fraction of sp³-hybridized carbons (Fsp3) is 0.429. The predicted octanol–water partition coefficient (Wildman–Crippen LogP) is 3.52. The van der Waals surface area contributed by atoms with Gasteiger partial charge in [0.1, 0.15) is 12.1 Å². The van der Waals surface area contributed by atoms with Crippen LogP contribution in [0.2, 0.25) is 0 Å². The van der Waals surface area contributed by atoms with E-state index in [0.717, 1.165) is 84.3 Å². The van der Waals surface area contributed by atoms with E-state index < -0.39 is 0 Å². The van der Waals surface area contributed by atoms with E-state index in [1.807, 2.05) is 4.90 Å². The van der Waals surface area contributed by atoms with Crippen LogP contribution in [0.15, 0.2) is 33.0 Å². The molecular formula is C21H23BrN6O2S. The topological polar surface area (TPSA) is 99.2 Å². The number of halogens is 1. The Kier molecular flexibility index (Phi) is 5.75. The molecule has 1 amide bonds. The van der Waals surface area contributed by atoms with Crippen LogP contribution in [0, 0.1) is 5.92 Å². The van der Waals surface area contributed by atoms with E-state index >= 15 is 0 Å². The second-order valence-electron chi connectivity index (χ2n) is 7.94. The second-order valence-corrected chi connectivity index (χ2v) is 9.84. The lowest BCUT2D eigenvalue weighted by molar-refractivity contribution is -0.119. The normalized spacial score (nSPS) is 16.5. The Labute approximate surface area is 192 Å². The smallest absolute Gasteiger partial charge is 0.209 e. The SMILES string of the molecule is Nc1ncnc2c1nc(Sc1cc(Br)c3c(c1)CCO3)n2CCC1CCN(C=O)CC1. The third kappa shape index (κ3) is 4.10. The van der Waals surface area contributed by atoms with Gasteiger partial charge in [-0.3, -0.25) is 4.79 Å². The summed E-state index contributed by atoms with van der Waals surface area (Å²) in [4.78, 5) is 27.3. The number of piperidine rings is 1. The standard InChI is InChI=1S/C21H23BrN6O2S/c22-16-10-15(9-14-4-8-30-18(14)16)31-21-26-17-19(23)24-11-25-20(17)28(21)7-3-13-1-5-27(12-29)6-2-13/h9-13H,1-8H2,(H2,23,24,25).